The second kappa shape index (κ2) is 3.83. The van der Waals surface area contributed by atoms with E-state index in [0.717, 1.165) is 11.3 Å². The molecule has 0 saturated carbocycles. The minimum atomic E-state index is -0.253. The lowest BCUT2D eigenvalue weighted by Crippen LogP contribution is -2.49. The van der Waals surface area contributed by atoms with E-state index in [9.17, 15) is 5.11 Å². The highest BCUT2D eigenvalue weighted by molar-refractivity contribution is 5.43. The van der Waals surface area contributed by atoms with Crippen LogP contribution in [0, 0.1) is 6.92 Å². The van der Waals surface area contributed by atoms with Crippen molar-refractivity contribution in [2.45, 2.75) is 12.3 Å². The normalized spacial score (nSPS) is 18.3. The maximum atomic E-state index is 9.47. The summed E-state index contributed by atoms with van der Waals surface area (Å²) < 4.78 is 10.5. The van der Waals surface area contributed by atoms with E-state index in [2.05, 4.69) is 6.07 Å². The van der Waals surface area contributed by atoms with Gasteiger partial charge >= 0.3 is 0 Å². The van der Waals surface area contributed by atoms with E-state index in [-0.39, 0.29) is 12.0 Å². The van der Waals surface area contributed by atoms with Crippen LogP contribution in [0.1, 0.15) is 11.1 Å². The van der Waals surface area contributed by atoms with Crippen LogP contribution in [0.2, 0.25) is 0 Å². The minimum Gasteiger partial charge on any atom is -0.496 e. The van der Waals surface area contributed by atoms with Crippen molar-refractivity contribution in [3.05, 3.63) is 29.3 Å². The van der Waals surface area contributed by atoms with Crippen molar-refractivity contribution in [1.29, 1.82) is 0 Å². The molecule has 1 saturated heterocycles. The predicted molar refractivity (Wildman–Crippen MR) is 57.3 cm³/mol. The average Bonchev–Trinajstić information content (AvgIpc) is 2.17. The summed E-state index contributed by atoms with van der Waals surface area (Å²) >= 11 is 0. The standard InChI is InChI=1S/C12H16O3/c1-9-3-4-11(14-2)10(5-9)12(6-13)7-15-8-12/h3-5,13H,6-8H2,1-2H3. The zero-order valence-electron chi connectivity index (χ0n) is 9.12. The van der Waals surface area contributed by atoms with Gasteiger partial charge in [-0.05, 0) is 13.0 Å². The first-order valence-electron chi connectivity index (χ1n) is 5.05. The number of aliphatic hydroxyl groups is 1. The first kappa shape index (κ1) is 10.5. The van der Waals surface area contributed by atoms with Gasteiger partial charge in [-0.15, -0.1) is 0 Å². The van der Waals surface area contributed by atoms with Crippen LogP contribution in [0.25, 0.3) is 0 Å². The van der Waals surface area contributed by atoms with Gasteiger partial charge in [0, 0.05) is 5.56 Å². The van der Waals surface area contributed by atoms with Gasteiger partial charge in [0.2, 0.25) is 0 Å². The van der Waals surface area contributed by atoms with E-state index in [0.29, 0.717) is 13.2 Å². The Bertz CT molecular complexity index is 350. The molecule has 3 nitrogen and oxygen atoms in total. The second-order valence-corrected chi connectivity index (χ2v) is 4.13. The number of ether oxygens (including phenoxy) is 2. The van der Waals surface area contributed by atoms with Crippen LogP contribution < -0.4 is 4.74 Å². The molecule has 0 bridgehead atoms. The first-order chi connectivity index (χ1) is 7.22. The van der Waals surface area contributed by atoms with Crippen molar-refractivity contribution in [3.8, 4) is 5.75 Å². The number of aryl methyl sites for hydroxylation is 1. The molecule has 15 heavy (non-hydrogen) atoms. The van der Waals surface area contributed by atoms with Crippen LogP contribution in [-0.2, 0) is 10.2 Å². The maximum absolute atomic E-state index is 9.47. The number of aliphatic hydroxyl groups excluding tert-OH is 1. The van der Waals surface area contributed by atoms with Crippen LogP contribution in [0.15, 0.2) is 18.2 Å². The smallest absolute Gasteiger partial charge is 0.122 e. The van der Waals surface area contributed by atoms with E-state index in [1.807, 2.05) is 19.1 Å². The topological polar surface area (TPSA) is 38.7 Å². The number of benzene rings is 1. The first-order valence-corrected chi connectivity index (χ1v) is 5.05. The Balaban J connectivity index is 2.44. The van der Waals surface area contributed by atoms with Gasteiger partial charge in [-0.2, -0.15) is 0 Å². The Morgan fingerprint density at radius 3 is 2.67 bits per heavy atom. The van der Waals surface area contributed by atoms with Gasteiger partial charge < -0.3 is 14.6 Å². The van der Waals surface area contributed by atoms with E-state index in [1.165, 1.54) is 5.56 Å². The molecule has 0 spiro atoms. The van der Waals surface area contributed by atoms with Crippen LogP contribution in [0.3, 0.4) is 0 Å². The lowest BCUT2D eigenvalue weighted by atomic mass is 9.78. The third-order valence-electron chi connectivity index (χ3n) is 2.99. The molecule has 1 heterocycles. The van der Waals surface area contributed by atoms with E-state index in [4.69, 9.17) is 9.47 Å². The Kier molecular flexibility index (Phi) is 2.67. The molecular weight excluding hydrogens is 192 g/mol. The fraction of sp³-hybridized carbons (Fsp3) is 0.500. The molecule has 0 aromatic heterocycles. The Morgan fingerprint density at radius 2 is 2.20 bits per heavy atom. The summed E-state index contributed by atoms with van der Waals surface area (Å²) in [5, 5.41) is 9.47. The summed E-state index contributed by atoms with van der Waals surface area (Å²) in [6.07, 6.45) is 0. The molecule has 1 aromatic rings. The molecule has 0 radical (unpaired) electrons. The van der Waals surface area contributed by atoms with E-state index in [1.54, 1.807) is 7.11 Å². The molecule has 3 heteroatoms. The zero-order valence-corrected chi connectivity index (χ0v) is 9.12. The molecule has 82 valence electrons. The fourth-order valence-corrected chi connectivity index (χ4v) is 1.92. The van der Waals surface area contributed by atoms with Crippen molar-refractivity contribution < 1.29 is 14.6 Å². The highest BCUT2D eigenvalue weighted by Gasteiger charge is 2.41. The van der Waals surface area contributed by atoms with Gasteiger partial charge in [0.15, 0.2) is 0 Å². The molecule has 0 aliphatic carbocycles. The molecular formula is C12H16O3. The molecule has 0 atom stereocenters. The maximum Gasteiger partial charge on any atom is 0.122 e. The van der Waals surface area contributed by atoms with Gasteiger partial charge in [-0.3, -0.25) is 0 Å². The lowest BCUT2D eigenvalue weighted by Gasteiger charge is -2.41. The summed E-state index contributed by atoms with van der Waals surface area (Å²) in [7, 11) is 1.65. The van der Waals surface area contributed by atoms with Crippen molar-refractivity contribution in [3.63, 3.8) is 0 Å². The quantitative estimate of drug-likeness (QED) is 0.812. The fourth-order valence-electron chi connectivity index (χ4n) is 1.92. The summed E-state index contributed by atoms with van der Waals surface area (Å²) in [6, 6.07) is 6.02. The molecule has 1 fully saturated rings. The van der Waals surface area contributed by atoms with Gasteiger partial charge in [-0.1, -0.05) is 17.7 Å². The largest absolute Gasteiger partial charge is 0.496 e. The second-order valence-electron chi connectivity index (χ2n) is 4.13. The Morgan fingerprint density at radius 1 is 1.47 bits per heavy atom. The minimum absolute atomic E-state index is 0.104. The number of methoxy groups -OCH3 is 1. The molecule has 0 amide bonds. The van der Waals surface area contributed by atoms with E-state index >= 15 is 0 Å². The molecule has 1 aromatic carbocycles. The average molecular weight is 208 g/mol. The van der Waals surface area contributed by atoms with Crippen molar-refractivity contribution in [2.24, 2.45) is 0 Å². The third kappa shape index (κ3) is 1.62. The molecule has 1 aliphatic heterocycles. The van der Waals surface area contributed by atoms with Gasteiger partial charge in [0.05, 0.1) is 32.3 Å². The highest BCUT2D eigenvalue weighted by atomic mass is 16.5. The monoisotopic (exact) mass is 208 g/mol. The van der Waals surface area contributed by atoms with Crippen molar-refractivity contribution >= 4 is 0 Å². The van der Waals surface area contributed by atoms with Crippen molar-refractivity contribution in [1.82, 2.24) is 0 Å². The summed E-state index contributed by atoms with van der Waals surface area (Å²) in [5.41, 5.74) is 1.97. The SMILES string of the molecule is COc1ccc(C)cc1C1(CO)COC1. The third-order valence-corrected chi connectivity index (χ3v) is 2.99. The number of hydrogen-bond donors (Lipinski definition) is 1. The number of hydrogen-bond acceptors (Lipinski definition) is 3. The van der Waals surface area contributed by atoms with Crippen LogP contribution in [0.5, 0.6) is 5.75 Å². The summed E-state index contributed by atoms with van der Waals surface area (Å²) in [5.74, 6) is 0.831. The molecule has 1 N–H and O–H groups in total. The highest BCUT2D eigenvalue weighted by Crippen LogP contribution is 2.38. The van der Waals surface area contributed by atoms with Crippen LogP contribution >= 0.6 is 0 Å². The lowest BCUT2D eigenvalue weighted by molar-refractivity contribution is -0.0850. The summed E-state index contributed by atoms with van der Waals surface area (Å²) in [6.45, 7) is 3.28. The Hall–Kier alpha value is -1.06. The van der Waals surface area contributed by atoms with Gasteiger partial charge in [-0.25, -0.2) is 0 Å². The van der Waals surface area contributed by atoms with Gasteiger partial charge in [0.25, 0.3) is 0 Å². The molecule has 1 aliphatic rings. The van der Waals surface area contributed by atoms with Crippen LogP contribution in [0.4, 0.5) is 0 Å². The number of rotatable bonds is 3. The molecule has 0 unspecified atom stereocenters. The molecule has 2 rings (SSSR count). The summed E-state index contributed by atoms with van der Waals surface area (Å²) in [4.78, 5) is 0. The van der Waals surface area contributed by atoms with Crippen molar-refractivity contribution in [2.75, 3.05) is 26.9 Å². The van der Waals surface area contributed by atoms with Gasteiger partial charge in [0.1, 0.15) is 5.75 Å². The zero-order chi connectivity index (χ0) is 10.9. The van der Waals surface area contributed by atoms with Crippen LogP contribution in [-0.4, -0.2) is 32.0 Å². The van der Waals surface area contributed by atoms with E-state index < -0.39 is 0 Å². The Labute approximate surface area is 89.6 Å². The predicted octanol–water partition coefficient (Wildman–Crippen LogP) is 1.26.